The topological polar surface area (TPSA) is 76.7 Å². The van der Waals surface area contributed by atoms with Crippen LogP contribution < -0.4 is 15.9 Å². The Kier molecular flexibility index (Phi) is 4.66. The van der Waals surface area contributed by atoms with Crippen LogP contribution in [-0.2, 0) is 0 Å². The van der Waals surface area contributed by atoms with Gasteiger partial charge in [-0.05, 0) is 61.7 Å². The molecule has 3 N–H and O–H groups in total. The Bertz CT molecular complexity index is 819. The highest BCUT2D eigenvalue weighted by Gasteiger charge is 2.16. The maximum absolute atomic E-state index is 12.3. The van der Waals surface area contributed by atoms with Crippen LogP contribution in [0, 0.1) is 0 Å². The number of hydrogen-bond acceptors (Lipinski definition) is 5. The molecule has 6 heteroatoms. The molecular formula is C18H19N3O2S. The number of allylic oxidation sites excluding steroid dienone is 2. The molecule has 0 bridgehead atoms. The Balaban J connectivity index is 1.76. The van der Waals surface area contributed by atoms with Crippen molar-refractivity contribution in [3.05, 3.63) is 46.9 Å². The van der Waals surface area contributed by atoms with Crippen molar-refractivity contribution in [3.63, 3.8) is 0 Å². The van der Waals surface area contributed by atoms with Crippen LogP contribution in [0.5, 0.6) is 5.75 Å². The van der Waals surface area contributed by atoms with Crippen LogP contribution in [0.2, 0.25) is 0 Å². The third kappa shape index (κ3) is 3.49. The van der Waals surface area contributed by atoms with Crippen molar-refractivity contribution >= 4 is 28.6 Å². The molecule has 0 radical (unpaired) electrons. The molecule has 0 unspecified atom stereocenters. The smallest absolute Gasteiger partial charge is 0.283 e. The summed E-state index contributed by atoms with van der Waals surface area (Å²) in [6.07, 6.45) is 3.86. The number of nitrogens with two attached hydrogens (primary N) is 1. The summed E-state index contributed by atoms with van der Waals surface area (Å²) < 4.78 is 5.16. The van der Waals surface area contributed by atoms with Crippen LogP contribution in [0.25, 0.3) is 10.4 Å². The number of rotatable bonds is 4. The van der Waals surface area contributed by atoms with E-state index in [1.165, 1.54) is 16.9 Å². The summed E-state index contributed by atoms with van der Waals surface area (Å²) in [5.41, 5.74) is 12.2. The van der Waals surface area contributed by atoms with E-state index in [1.54, 1.807) is 7.11 Å². The minimum atomic E-state index is -0.275. The fourth-order valence-electron chi connectivity index (χ4n) is 2.50. The molecular weight excluding hydrogens is 322 g/mol. The van der Waals surface area contributed by atoms with E-state index in [0.717, 1.165) is 34.7 Å². The molecule has 0 fully saturated rings. The lowest BCUT2D eigenvalue weighted by Crippen LogP contribution is -2.18. The predicted octanol–water partition coefficient (Wildman–Crippen LogP) is 3.83. The van der Waals surface area contributed by atoms with E-state index >= 15 is 0 Å². The lowest BCUT2D eigenvalue weighted by Gasteiger charge is -2.01. The van der Waals surface area contributed by atoms with Gasteiger partial charge in [0.25, 0.3) is 5.91 Å². The molecule has 0 saturated carbocycles. The summed E-state index contributed by atoms with van der Waals surface area (Å²) in [7, 11) is 1.63. The van der Waals surface area contributed by atoms with Gasteiger partial charge in [-0.3, -0.25) is 4.79 Å². The highest BCUT2D eigenvalue weighted by Crippen LogP contribution is 2.34. The van der Waals surface area contributed by atoms with E-state index in [4.69, 9.17) is 10.5 Å². The maximum atomic E-state index is 12.3. The van der Waals surface area contributed by atoms with E-state index in [-0.39, 0.29) is 5.91 Å². The first-order valence-corrected chi connectivity index (χ1v) is 8.46. The molecule has 24 heavy (non-hydrogen) atoms. The Morgan fingerprint density at radius 3 is 2.67 bits per heavy atom. The zero-order valence-corrected chi connectivity index (χ0v) is 14.4. The number of thiophene rings is 1. The van der Waals surface area contributed by atoms with Crippen LogP contribution in [0.4, 0.5) is 5.69 Å². The first-order chi connectivity index (χ1) is 11.6. The second kappa shape index (κ2) is 6.88. The Hall–Kier alpha value is -2.60. The molecule has 0 saturated heterocycles. The van der Waals surface area contributed by atoms with E-state index in [0.29, 0.717) is 10.6 Å². The van der Waals surface area contributed by atoms with Gasteiger partial charge in [-0.25, -0.2) is 5.43 Å². The van der Waals surface area contributed by atoms with E-state index < -0.39 is 0 Å². The van der Waals surface area contributed by atoms with Crippen LogP contribution in [0.1, 0.15) is 29.4 Å². The first kappa shape index (κ1) is 16.3. The molecule has 0 atom stereocenters. The summed E-state index contributed by atoms with van der Waals surface area (Å²) in [6, 6.07) is 9.46. The van der Waals surface area contributed by atoms with Crippen molar-refractivity contribution in [1.82, 2.24) is 5.43 Å². The summed E-state index contributed by atoms with van der Waals surface area (Å²) >= 11 is 1.35. The molecule has 1 aliphatic rings. The fourth-order valence-corrected chi connectivity index (χ4v) is 3.47. The van der Waals surface area contributed by atoms with Gasteiger partial charge in [0, 0.05) is 4.88 Å². The number of hydrogen-bond donors (Lipinski definition) is 2. The van der Waals surface area contributed by atoms with Crippen molar-refractivity contribution in [2.75, 3.05) is 12.8 Å². The van der Waals surface area contributed by atoms with Gasteiger partial charge in [0.05, 0.1) is 18.5 Å². The minimum absolute atomic E-state index is 0.275. The van der Waals surface area contributed by atoms with Gasteiger partial charge in [-0.15, -0.1) is 11.3 Å². The van der Waals surface area contributed by atoms with E-state index in [2.05, 4.69) is 17.5 Å². The van der Waals surface area contributed by atoms with Crippen molar-refractivity contribution in [2.24, 2.45) is 5.10 Å². The molecule has 5 nitrogen and oxygen atoms in total. The normalized spacial score (nSPS) is 15.4. The highest BCUT2D eigenvalue weighted by atomic mass is 32.1. The highest BCUT2D eigenvalue weighted by molar-refractivity contribution is 7.18. The lowest BCUT2D eigenvalue weighted by atomic mass is 10.2. The number of amides is 1. The molecule has 124 valence electrons. The van der Waals surface area contributed by atoms with Gasteiger partial charge < -0.3 is 10.5 Å². The zero-order valence-electron chi connectivity index (χ0n) is 13.6. The zero-order chi connectivity index (χ0) is 17.1. The Labute approximate surface area is 144 Å². The van der Waals surface area contributed by atoms with Crippen molar-refractivity contribution < 1.29 is 9.53 Å². The average molecular weight is 341 g/mol. The molecule has 1 amide bonds. The molecule has 1 aliphatic carbocycles. The third-order valence-corrected chi connectivity index (χ3v) is 5.03. The van der Waals surface area contributed by atoms with Crippen LogP contribution in [0.15, 0.2) is 47.1 Å². The predicted molar refractivity (Wildman–Crippen MR) is 98.6 cm³/mol. The van der Waals surface area contributed by atoms with E-state index in [1.807, 2.05) is 36.4 Å². The van der Waals surface area contributed by atoms with Crippen LogP contribution in [-0.4, -0.2) is 18.7 Å². The van der Waals surface area contributed by atoms with Crippen LogP contribution in [0.3, 0.4) is 0 Å². The van der Waals surface area contributed by atoms with E-state index in [9.17, 15) is 4.79 Å². The Morgan fingerprint density at radius 2 is 2.04 bits per heavy atom. The van der Waals surface area contributed by atoms with Crippen molar-refractivity contribution in [3.8, 4) is 16.2 Å². The monoisotopic (exact) mass is 341 g/mol. The summed E-state index contributed by atoms with van der Waals surface area (Å²) in [6.45, 7) is 2.06. The molecule has 1 aromatic heterocycles. The Morgan fingerprint density at radius 1 is 1.29 bits per heavy atom. The van der Waals surface area contributed by atoms with Crippen molar-refractivity contribution in [2.45, 2.75) is 19.8 Å². The first-order valence-electron chi connectivity index (χ1n) is 7.64. The molecule has 1 aromatic carbocycles. The number of benzene rings is 1. The van der Waals surface area contributed by atoms with Gasteiger partial charge in [-0.1, -0.05) is 5.57 Å². The number of nitrogens with zero attached hydrogens (tertiary/aromatic N) is 1. The molecule has 1 heterocycles. The van der Waals surface area contributed by atoms with Gasteiger partial charge in [0.15, 0.2) is 0 Å². The van der Waals surface area contributed by atoms with Crippen LogP contribution >= 0.6 is 11.3 Å². The standard InChI is InChI=1S/C18H19N3O2S/c1-11-3-6-13(9-11)20-21-18(22)17-15(19)10-16(24-17)12-4-7-14(23-2)8-5-12/h4-5,7-10H,3,6,19H2,1-2H3,(H,21,22)/b20-13-. The fraction of sp³-hybridized carbons (Fsp3) is 0.222. The number of methoxy groups -OCH3 is 1. The SMILES string of the molecule is COc1ccc(-c2cc(N)c(C(=O)N/N=C3\C=C(C)CC3)s2)cc1. The molecule has 0 spiro atoms. The summed E-state index contributed by atoms with van der Waals surface area (Å²) in [5, 5.41) is 4.17. The minimum Gasteiger partial charge on any atom is -0.497 e. The van der Waals surface area contributed by atoms with Crippen molar-refractivity contribution in [1.29, 1.82) is 0 Å². The number of carbonyl (C=O) groups excluding carboxylic acids is 1. The number of anilines is 1. The third-order valence-electron chi connectivity index (χ3n) is 3.83. The van der Waals surface area contributed by atoms with Gasteiger partial charge >= 0.3 is 0 Å². The maximum Gasteiger partial charge on any atom is 0.283 e. The number of hydrazone groups is 1. The molecule has 3 rings (SSSR count). The van der Waals surface area contributed by atoms with Gasteiger partial charge in [-0.2, -0.15) is 5.10 Å². The number of carbonyl (C=O) groups is 1. The number of nitrogen functional groups attached to an aromatic ring is 1. The quantitative estimate of drug-likeness (QED) is 0.830. The average Bonchev–Trinajstić information content (AvgIpc) is 3.18. The second-order valence-electron chi connectivity index (χ2n) is 5.66. The lowest BCUT2D eigenvalue weighted by molar-refractivity contribution is 0.0959. The number of nitrogens with one attached hydrogen (secondary N) is 1. The second-order valence-corrected chi connectivity index (χ2v) is 6.71. The summed E-state index contributed by atoms with van der Waals surface area (Å²) in [4.78, 5) is 13.7. The number of ether oxygens (including phenoxy) is 1. The molecule has 0 aliphatic heterocycles. The van der Waals surface area contributed by atoms with Gasteiger partial charge in [0.1, 0.15) is 10.6 Å². The molecule has 2 aromatic rings. The summed E-state index contributed by atoms with van der Waals surface area (Å²) in [5.74, 6) is 0.514. The largest absolute Gasteiger partial charge is 0.497 e. The van der Waals surface area contributed by atoms with Gasteiger partial charge in [0.2, 0.25) is 0 Å².